The Kier molecular flexibility index (Phi) is 7.57. The van der Waals surface area contributed by atoms with E-state index in [4.69, 9.17) is 14.2 Å². The zero-order chi connectivity index (χ0) is 19.1. The number of hydrogen-bond donors (Lipinski definition) is 0. The molecule has 0 unspecified atom stereocenters. The van der Waals surface area contributed by atoms with E-state index in [0.717, 1.165) is 25.9 Å². The largest absolute Gasteiger partial charge is 0.490 e. The number of rotatable bonds is 8. The maximum atomic E-state index is 13.1. The van der Waals surface area contributed by atoms with Crippen LogP contribution in [0.2, 0.25) is 0 Å². The standard InChI is InChI=1S/C20H32N2O4/c1-6-24-17-13-15(14-18(25-7-2)19(17)26-8-3)20(23)22(5)16-9-11-21(4)12-10-16/h13-14,16H,6-12H2,1-5H3. The number of amides is 1. The van der Waals surface area contributed by atoms with Gasteiger partial charge in [-0.25, -0.2) is 0 Å². The molecule has 1 aromatic rings. The first-order valence-corrected chi connectivity index (χ1v) is 9.53. The number of benzene rings is 1. The topological polar surface area (TPSA) is 51.2 Å². The van der Waals surface area contributed by atoms with E-state index in [0.29, 0.717) is 42.6 Å². The Hall–Kier alpha value is -1.95. The molecule has 0 aliphatic carbocycles. The Balaban J connectivity index is 2.30. The van der Waals surface area contributed by atoms with E-state index in [1.54, 1.807) is 12.1 Å². The molecule has 1 heterocycles. The van der Waals surface area contributed by atoms with E-state index in [9.17, 15) is 4.79 Å². The van der Waals surface area contributed by atoms with Gasteiger partial charge in [0.05, 0.1) is 19.8 Å². The summed E-state index contributed by atoms with van der Waals surface area (Å²) in [4.78, 5) is 17.2. The van der Waals surface area contributed by atoms with E-state index < -0.39 is 0 Å². The van der Waals surface area contributed by atoms with Gasteiger partial charge < -0.3 is 24.0 Å². The minimum atomic E-state index is -0.00972. The Bertz CT molecular complexity index is 570. The molecular formula is C20H32N2O4. The molecule has 6 nitrogen and oxygen atoms in total. The molecule has 1 amide bonds. The van der Waals surface area contributed by atoms with Gasteiger partial charge in [0.1, 0.15) is 0 Å². The number of nitrogens with zero attached hydrogens (tertiary/aromatic N) is 2. The highest BCUT2D eigenvalue weighted by atomic mass is 16.5. The quantitative estimate of drug-likeness (QED) is 0.710. The van der Waals surface area contributed by atoms with E-state index in [1.807, 2.05) is 32.7 Å². The average molecular weight is 364 g/mol. The number of hydrogen-bond acceptors (Lipinski definition) is 5. The van der Waals surface area contributed by atoms with Crippen molar-refractivity contribution >= 4 is 5.91 Å². The smallest absolute Gasteiger partial charge is 0.254 e. The molecule has 1 aliphatic rings. The molecule has 0 N–H and O–H groups in total. The molecule has 146 valence electrons. The number of ether oxygens (including phenoxy) is 3. The van der Waals surface area contributed by atoms with Gasteiger partial charge >= 0.3 is 0 Å². The summed E-state index contributed by atoms with van der Waals surface area (Å²) in [5, 5.41) is 0. The van der Waals surface area contributed by atoms with Gasteiger partial charge in [0.2, 0.25) is 5.75 Å². The molecule has 1 saturated heterocycles. The highest BCUT2D eigenvalue weighted by molar-refractivity contribution is 5.95. The number of likely N-dealkylation sites (tertiary alicyclic amines) is 1. The zero-order valence-electron chi connectivity index (χ0n) is 16.7. The van der Waals surface area contributed by atoms with Crippen LogP contribution >= 0.6 is 0 Å². The van der Waals surface area contributed by atoms with E-state index in [1.165, 1.54) is 0 Å². The van der Waals surface area contributed by atoms with Crippen LogP contribution in [0.3, 0.4) is 0 Å². The lowest BCUT2D eigenvalue weighted by Gasteiger charge is -2.35. The lowest BCUT2D eigenvalue weighted by Crippen LogP contribution is -2.44. The summed E-state index contributed by atoms with van der Waals surface area (Å²) in [6.07, 6.45) is 1.98. The van der Waals surface area contributed by atoms with Crippen molar-refractivity contribution in [3.63, 3.8) is 0 Å². The molecule has 0 aromatic heterocycles. The van der Waals surface area contributed by atoms with Crippen molar-refractivity contribution in [3.8, 4) is 17.2 Å². The van der Waals surface area contributed by atoms with E-state index >= 15 is 0 Å². The molecule has 2 rings (SSSR count). The maximum absolute atomic E-state index is 13.1. The lowest BCUT2D eigenvalue weighted by molar-refractivity contribution is 0.0658. The Morgan fingerprint density at radius 2 is 1.54 bits per heavy atom. The van der Waals surface area contributed by atoms with Gasteiger partial charge in [0, 0.05) is 18.7 Å². The highest BCUT2D eigenvalue weighted by Crippen LogP contribution is 2.39. The summed E-state index contributed by atoms with van der Waals surface area (Å²) in [6.45, 7) is 9.26. The van der Waals surface area contributed by atoms with Crippen LogP contribution in [0.15, 0.2) is 12.1 Å². The minimum Gasteiger partial charge on any atom is -0.490 e. The van der Waals surface area contributed by atoms with Crippen LogP contribution in [0.4, 0.5) is 0 Å². The molecule has 26 heavy (non-hydrogen) atoms. The second kappa shape index (κ2) is 9.67. The molecule has 0 saturated carbocycles. The van der Waals surface area contributed by atoms with Gasteiger partial charge in [-0.3, -0.25) is 4.79 Å². The van der Waals surface area contributed by atoms with Gasteiger partial charge in [-0.15, -0.1) is 0 Å². The van der Waals surface area contributed by atoms with Gasteiger partial charge in [-0.05, 0) is 65.9 Å². The minimum absolute atomic E-state index is 0.00972. The first kappa shape index (κ1) is 20.4. The molecule has 0 spiro atoms. The Morgan fingerprint density at radius 3 is 2.00 bits per heavy atom. The van der Waals surface area contributed by atoms with Crippen molar-refractivity contribution in [1.29, 1.82) is 0 Å². The second-order valence-corrected chi connectivity index (χ2v) is 6.55. The van der Waals surface area contributed by atoms with E-state index in [-0.39, 0.29) is 11.9 Å². The molecule has 0 atom stereocenters. The van der Waals surface area contributed by atoms with Crippen molar-refractivity contribution in [2.24, 2.45) is 0 Å². The van der Waals surface area contributed by atoms with Crippen molar-refractivity contribution in [2.75, 3.05) is 47.0 Å². The molecular weight excluding hydrogens is 332 g/mol. The third kappa shape index (κ3) is 4.81. The van der Waals surface area contributed by atoms with E-state index in [2.05, 4.69) is 11.9 Å². The van der Waals surface area contributed by atoms with Crippen molar-refractivity contribution in [2.45, 2.75) is 39.7 Å². The SMILES string of the molecule is CCOc1cc(C(=O)N(C)C2CCN(C)CC2)cc(OCC)c1OCC. The molecule has 0 radical (unpaired) electrons. The third-order valence-electron chi connectivity index (χ3n) is 4.71. The van der Waals surface area contributed by atoms with Crippen LogP contribution in [0.1, 0.15) is 44.0 Å². The summed E-state index contributed by atoms with van der Waals surface area (Å²) in [5.74, 6) is 1.67. The Labute approximate surface area is 157 Å². The fourth-order valence-electron chi connectivity index (χ4n) is 3.26. The Morgan fingerprint density at radius 1 is 1.04 bits per heavy atom. The highest BCUT2D eigenvalue weighted by Gasteiger charge is 2.26. The maximum Gasteiger partial charge on any atom is 0.254 e. The monoisotopic (exact) mass is 364 g/mol. The van der Waals surface area contributed by atoms with Crippen LogP contribution in [-0.2, 0) is 0 Å². The van der Waals surface area contributed by atoms with Gasteiger partial charge in [0.25, 0.3) is 5.91 Å². The summed E-state index contributed by atoms with van der Waals surface area (Å²) < 4.78 is 17.2. The third-order valence-corrected chi connectivity index (χ3v) is 4.71. The summed E-state index contributed by atoms with van der Waals surface area (Å²) in [7, 11) is 4.00. The average Bonchev–Trinajstić information content (AvgIpc) is 2.64. The van der Waals surface area contributed by atoms with Crippen LogP contribution in [0, 0.1) is 0 Å². The van der Waals surface area contributed by atoms with Crippen LogP contribution in [0.5, 0.6) is 17.2 Å². The van der Waals surface area contributed by atoms with Crippen LogP contribution in [0.25, 0.3) is 0 Å². The normalized spacial score (nSPS) is 15.6. The van der Waals surface area contributed by atoms with Crippen molar-refractivity contribution in [1.82, 2.24) is 9.80 Å². The van der Waals surface area contributed by atoms with Crippen LogP contribution in [-0.4, -0.2) is 68.8 Å². The fourth-order valence-corrected chi connectivity index (χ4v) is 3.26. The van der Waals surface area contributed by atoms with Gasteiger partial charge in [0.15, 0.2) is 11.5 Å². The zero-order valence-corrected chi connectivity index (χ0v) is 16.7. The summed E-state index contributed by atoms with van der Waals surface area (Å²) in [5.41, 5.74) is 0.571. The number of carbonyl (C=O) groups is 1. The second-order valence-electron chi connectivity index (χ2n) is 6.55. The predicted octanol–water partition coefficient (Wildman–Crippen LogP) is 3.05. The number of carbonyl (C=O) groups excluding carboxylic acids is 1. The molecule has 1 fully saturated rings. The van der Waals surface area contributed by atoms with Gasteiger partial charge in [-0.1, -0.05) is 0 Å². The summed E-state index contributed by atoms with van der Waals surface area (Å²) >= 11 is 0. The molecule has 6 heteroatoms. The first-order valence-electron chi connectivity index (χ1n) is 9.53. The first-order chi connectivity index (χ1) is 12.5. The molecule has 1 aliphatic heterocycles. The van der Waals surface area contributed by atoms with Crippen molar-refractivity contribution in [3.05, 3.63) is 17.7 Å². The fraction of sp³-hybridized carbons (Fsp3) is 0.650. The molecule has 0 bridgehead atoms. The molecule has 1 aromatic carbocycles. The lowest BCUT2D eigenvalue weighted by atomic mass is 10.0. The van der Waals surface area contributed by atoms with Crippen LogP contribution < -0.4 is 14.2 Å². The predicted molar refractivity (Wildman–Crippen MR) is 103 cm³/mol. The number of piperidine rings is 1. The van der Waals surface area contributed by atoms with Crippen molar-refractivity contribution < 1.29 is 19.0 Å². The summed E-state index contributed by atoms with van der Waals surface area (Å²) in [6, 6.07) is 3.80. The van der Waals surface area contributed by atoms with Gasteiger partial charge in [-0.2, -0.15) is 0 Å².